The van der Waals surface area contributed by atoms with Gasteiger partial charge < -0.3 is 5.32 Å². The standard InChI is InChI=1S/C13H14ClFN2S/c1-2-16-11(12-7-18-8-17-12)6-9-4-3-5-10(15)13(9)14/h3-5,7-8,11,16H,2,6H2,1H3. The molecule has 0 saturated carbocycles. The molecule has 2 aromatic rings. The number of nitrogens with zero attached hydrogens (tertiary/aromatic N) is 1. The van der Waals surface area contributed by atoms with Gasteiger partial charge in [0.05, 0.1) is 22.3 Å². The molecule has 2 nitrogen and oxygen atoms in total. The molecule has 0 aliphatic heterocycles. The van der Waals surface area contributed by atoms with E-state index in [4.69, 9.17) is 11.6 Å². The number of rotatable bonds is 5. The number of hydrogen-bond donors (Lipinski definition) is 1. The number of likely N-dealkylation sites (N-methyl/N-ethyl adjacent to an activating group) is 1. The first-order valence-corrected chi connectivity index (χ1v) is 7.08. The second kappa shape index (κ2) is 6.27. The van der Waals surface area contributed by atoms with Crippen LogP contribution in [0.4, 0.5) is 4.39 Å². The van der Waals surface area contributed by atoms with Gasteiger partial charge in [0.15, 0.2) is 0 Å². The molecule has 0 fully saturated rings. The number of hydrogen-bond acceptors (Lipinski definition) is 3. The number of aromatic nitrogens is 1. The van der Waals surface area contributed by atoms with Gasteiger partial charge in [-0.05, 0) is 24.6 Å². The Morgan fingerprint density at radius 1 is 1.50 bits per heavy atom. The van der Waals surface area contributed by atoms with Crippen LogP contribution in [0.1, 0.15) is 24.2 Å². The van der Waals surface area contributed by atoms with Crippen LogP contribution in [0.25, 0.3) is 0 Å². The summed E-state index contributed by atoms with van der Waals surface area (Å²) in [4.78, 5) is 4.30. The van der Waals surface area contributed by atoms with E-state index in [1.54, 1.807) is 22.9 Å². The molecular weight excluding hydrogens is 271 g/mol. The molecule has 1 N–H and O–H groups in total. The predicted octanol–water partition coefficient (Wildman–Crippen LogP) is 3.83. The average molecular weight is 285 g/mol. The van der Waals surface area contributed by atoms with Crippen LogP contribution >= 0.6 is 22.9 Å². The zero-order valence-electron chi connectivity index (χ0n) is 9.99. The summed E-state index contributed by atoms with van der Waals surface area (Å²) in [6.07, 6.45) is 0.633. The number of benzene rings is 1. The van der Waals surface area contributed by atoms with Gasteiger partial charge >= 0.3 is 0 Å². The number of halogens is 2. The largest absolute Gasteiger partial charge is 0.309 e. The molecule has 1 unspecified atom stereocenters. The maximum Gasteiger partial charge on any atom is 0.142 e. The van der Waals surface area contributed by atoms with Crippen LogP contribution in [-0.2, 0) is 6.42 Å². The topological polar surface area (TPSA) is 24.9 Å². The van der Waals surface area contributed by atoms with Crippen molar-refractivity contribution >= 4 is 22.9 Å². The first-order chi connectivity index (χ1) is 8.72. The Hall–Kier alpha value is -0.970. The van der Waals surface area contributed by atoms with Crippen molar-refractivity contribution in [1.82, 2.24) is 10.3 Å². The molecule has 18 heavy (non-hydrogen) atoms. The highest BCUT2D eigenvalue weighted by atomic mass is 35.5. The lowest BCUT2D eigenvalue weighted by atomic mass is 10.0. The highest BCUT2D eigenvalue weighted by molar-refractivity contribution is 7.07. The monoisotopic (exact) mass is 284 g/mol. The maximum atomic E-state index is 13.4. The van der Waals surface area contributed by atoms with Crippen molar-refractivity contribution in [2.24, 2.45) is 0 Å². The van der Waals surface area contributed by atoms with Crippen LogP contribution in [0.3, 0.4) is 0 Å². The highest BCUT2D eigenvalue weighted by Gasteiger charge is 2.16. The molecule has 5 heteroatoms. The first-order valence-electron chi connectivity index (χ1n) is 5.76. The van der Waals surface area contributed by atoms with Gasteiger partial charge in [-0.3, -0.25) is 0 Å². The molecule has 0 aliphatic carbocycles. The summed E-state index contributed by atoms with van der Waals surface area (Å²) < 4.78 is 13.4. The van der Waals surface area contributed by atoms with E-state index in [1.807, 2.05) is 18.4 Å². The van der Waals surface area contributed by atoms with Gasteiger partial charge in [0.1, 0.15) is 5.82 Å². The zero-order chi connectivity index (χ0) is 13.0. The fraction of sp³-hybridized carbons (Fsp3) is 0.308. The highest BCUT2D eigenvalue weighted by Crippen LogP contribution is 2.25. The normalized spacial score (nSPS) is 12.6. The van der Waals surface area contributed by atoms with Crippen LogP contribution in [-0.4, -0.2) is 11.5 Å². The molecule has 1 heterocycles. The molecular formula is C13H14ClFN2S. The second-order valence-electron chi connectivity index (χ2n) is 3.94. The molecule has 1 aromatic heterocycles. The lowest BCUT2D eigenvalue weighted by Crippen LogP contribution is -2.23. The molecule has 1 atom stereocenters. The van der Waals surface area contributed by atoms with Crippen molar-refractivity contribution in [2.45, 2.75) is 19.4 Å². The molecule has 0 spiro atoms. The van der Waals surface area contributed by atoms with Crippen LogP contribution in [0.5, 0.6) is 0 Å². The fourth-order valence-corrected chi connectivity index (χ4v) is 2.66. The minimum absolute atomic E-state index is 0.0700. The molecule has 0 radical (unpaired) electrons. The Labute approximate surface area is 115 Å². The van der Waals surface area contributed by atoms with Crippen molar-refractivity contribution in [3.63, 3.8) is 0 Å². The van der Waals surface area contributed by atoms with E-state index in [9.17, 15) is 4.39 Å². The third kappa shape index (κ3) is 3.07. The molecule has 0 amide bonds. The minimum atomic E-state index is -0.373. The van der Waals surface area contributed by atoms with Crippen LogP contribution < -0.4 is 5.32 Å². The molecule has 2 rings (SSSR count). The minimum Gasteiger partial charge on any atom is -0.309 e. The summed E-state index contributed by atoms with van der Waals surface area (Å²) in [6, 6.07) is 4.97. The lowest BCUT2D eigenvalue weighted by Gasteiger charge is -2.16. The summed E-state index contributed by atoms with van der Waals surface area (Å²) >= 11 is 7.53. The first kappa shape index (κ1) is 13.5. The fourth-order valence-electron chi connectivity index (χ4n) is 1.85. The predicted molar refractivity (Wildman–Crippen MR) is 73.6 cm³/mol. The SMILES string of the molecule is CCNC(Cc1cccc(F)c1Cl)c1cscn1. The van der Waals surface area contributed by atoms with Gasteiger partial charge in [-0.1, -0.05) is 30.7 Å². The molecule has 0 bridgehead atoms. The Balaban J connectivity index is 2.21. The number of nitrogens with one attached hydrogen (secondary N) is 1. The van der Waals surface area contributed by atoms with Crippen molar-refractivity contribution in [3.05, 3.63) is 51.2 Å². The van der Waals surface area contributed by atoms with E-state index in [-0.39, 0.29) is 16.9 Å². The Morgan fingerprint density at radius 3 is 3.00 bits per heavy atom. The van der Waals surface area contributed by atoms with Crippen LogP contribution in [0.15, 0.2) is 29.1 Å². The Kier molecular flexibility index (Phi) is 4.69. The third-order valence-corrected chi connectivity index (χ3v) is 3.74. The average Bonchev–Trinajstić information content (AvgIpc) is 2.88. The van der Waals surface area contributed by atoms with Gasteiger partial charge in [0.25, 0.3) is 0 Å². The molecule has 96 valence electrons. The van der Waals surface area contributed by atoms with E-state index in [2.05, 4.69) is 10.3 Å². The van der Waals surface area contributed by atoms with Crippen molar-refractivity contribution in [3.8, 4) is 0 Å². The van der Waals surface area contributed by atoms with E-state index < -0.39 is 0 Å². The van der Waals surface area contributed by atoms with Gasteiger partial charge in [-0.2, -0.15) is 0 Å². The quantitative estimate of drug-likeness (QED) is 0.903. The Bertz CT molecular complexity index is 502. The maximum absolute atomic E-state index is 13.4. The van der Waals surface area contributed by atoms with E-state index in [0.29, 0.717) is 6.42 Å². The summed E-state index contributed by atoms with van der Waals surface area (Å²) in [6.45, 7) is 2.86. The summed E-state index contributed by atoms with van der Waals surface area (Å²) in [7, 11) is 0. The summed E-state index contributed by atoms with van der Waals surface area (Å²) in [5.74, 6) is -0.373. The third-order valence-electron chi connectivity index (χ3n) is 2.71. The van der Waals surface area contributed by atoms with E-state index in [0.717, 1.165) is 17.8 Å². The molecule has 1 aromatic carbocycles. The van der Waals surface area contributed by atoms with E-state index in [1.165, 1.54) is 6.07 Å². The van der Waals surface area contributed by atoms with Gasteiger partial charge in [-0.15, -0.1) is 11.3 Å². The van der Waals surface area contributed by atoms with Crippen molar-refractivity contribution in [1.29, 1.82) is 0 Å². The summed E-state index contributed by atoms with van der Waals surface area (Å²) in [5, 5.41) is 5.55. The van der Waals surface area contributed by atoms with Crippen LogP contribution in [0, 0.1) is 5.82 Å². The second-order valence-corrected chi connectivity index (χ2v) is 5.04. The molecule has 0 aliphatic rings. The van der Waals surface area contributed by atoms with Gasteiger partial charge in [-0.25, -0.2) is 9.37 Å². The van der Waals surface area contributed by atoms with Gasteiger partial charge in [0.2, 0.25) is 0 Å². The van der Waals surface area contributed by atoms with Crippen LogP contribution in [0.2, 0.25) is 5.02 Å². The van der Waals surface area contributed by atoms with Crippen molar-refractivity contribution in [2.75, 3.05) is 6.54 Å². The molecule has 0 saturated heterocycles. The summed E-state index contributed by atoms with van der Waals surface area (Å²) in [5.41, 5.74) is 3.57. The Morgan fingerprint density at radius 2 is 2.33 bits per heavy atom. The van der Waals surface area contributed by atoms with E-state index >= 15 is 0 Å². The van der Waals surface area contributed by atoms with Crippen molar-refractivity contribution < 1.29 is 4.39 Å². The number of thiazole rings is 1. The zero-order valence-corrected chi connectivity index (χ0v) is 11.6. The lowest BCUT2D eigenvalue weighted by molar-refractivity contribution is 0.537. The smallest absolute Gasteiger partial charge is 0.142 e. The van der Waals surface area contributed by atoms with Gasteiger partial charge in [0, 0.05) is 5.38 Å².